The van der Waals surface area contributed by atoms with Crippen LogP contribution in [0.3, 0.4) is 0 Å². The van der Waals surface area contributed by atoms with Crippen molar-refractivity contribution in [3.8, 4) is 0 Å². The highest BCUT2D eigenvalue weighted by atomic mass is 16.5. The Bertz CT molecular complexity index is 196. The Labute approximate surface area is 93.0 Å². The molecule has 0 aromatic carbocycles. The summed E-state index contributed by atoms with van der Waals surface area (Å²) in [5, 5.41) is 10.6. The SMILES string of the molecule is CC(C)CC(C)(O)C1(CN)CCOCC1. The molecule has 1 heterocycles. The molecule has 3 nitrogen and oxygen atoms in total. The zero-order valence-corrected chi connectivity index (χ0v) is 10.3. The fourth-order valence-corrected chi connectivity index (χ4v) is 2.74. The van der Waals surface area contributed by atoms with Crippen LogP contribution in [0.15, 0.2) is 0 Å². The van der Waals surface area contributed by atoms with Gasteiger partial charge in [0.1, 0.15) is 0 Å². The maximum Gasteiger partial charge on any atom is 0.0691 e. The van der Waals surface area contributed by atoms with Gasteiger partial charge in [-0.05, 0) is 32.1 Å². The summed E-state index contributed by atoms with van der Waals surface area (Å²) in [5.41, 5.74) is 5.07. The van der Waals surface area contributed by atoms with Gasteiger partial charge in [-0.3, -0.25) is 0 Å². The Morgan fingerprint density at radius 3 is 2.33 bits per heavy atom. The van der Waals surface area contributed by atoms with E-state index in [-0.39, 0.29) is 5.41 Å². The topological polar surface area (TPSA) is 55.5 Å². The molecular weight excluding hydrogens is 190 g/mol. The number of nitrogens with two attached hydrogens (primary N) is 1. The molecule has 0 aromatic heterocycles. The van der Waals surface area contributed by atoms with Crippen molar-refractivity contribution in [3.63, 3.8) is 0 Å². The van der Waals surface area contributed by atoms with Crippen molar-refractivity contribution < 1.29 is 9.84 Å². The van der Waals surface area contributed by atoms with Crippen LogP contribution in [0.2, 0.25) is 0 Å². The maximum atomic E-state index is 10.6. The van der Waals surface area contributed by atoms with Crippen molar-refractivity contribution in [1.82, 2.24) is 0 Å². The fourth-order valence-electron chi connectivity index (χ4n) is 2.74. The molecular formula is C12H25NO2. The number of hydrogen-bond donors (Lipinski definition) is 2. The van der Waals surface area contributed by atoms with Gasteiger partial charge in [-0.25, -0.2) is 0 Å². The van der Waals surface area contributed by atoms with Gasteiger partial charge in [0.2, 0.25) is 0 Å². The largest absolute Gasteiger partial charge is 0.390 e. The Morgan fingerprint density at radius 1 is 1.40 bits per heavy atom. The van der Waals surface area contributed by atoms with E-state index in [0.717, 1.165) is 32.5 Å². The van der Waals surface area contributed by atoms with E-state index in [2.05, 4.69) is 13.8 Å². The van der Waals surface area contributed by atoms with E-state index in [1.807, 2.05) is 6.92 Å². The molecule has 1 aliphatic heterocycles. The molecule has 1 fully saturated rings. The summed E-state index contributed by atoms with van der Waals surface area (Å²) in [6, 6.07) is 0. The molecule has 1 atom stereocenters. The van der Waals surface area contributed by atoms with E-state index < -0.39 is 5.60 Å². The van der Waals surface area contributed by atoms with Gasteiger partial charge in [0, 0.05) is 25.2 Å². The third-order valence-electron chi connectivity index (χ3n) is 3.79. The summed E-state index contributed by atoms with van der Waals surface area (Å²) in [5.74, 6) is 0.492. The van der Waals surface area contributed by atoms with Gasteiger partial charge in [0.15, 0.2) is 0 Å². The standard InChI is InChI=1S/C12H25NO2/c1-10(2)8-11(3,14)12(9-13)4-6-15-7-5-12/h10,14H,4-9,13H2,1-3H3. The minimum absolute atomic E-state index is 0.143. The van der Waals surface area contributed by atoms with E-state index in [9.17, 15) is 5.11 Å². The van der Waals surface area contributed by atoms with Crippen LogP contribution >= 0.6 is 0 Å². The molecule has 0 amide bonds. The van der Waals surface area contributed by atoms with Crippen LogP contribution < -0.4 is 5.73 Å². The average Bonchev–Trinajstić information content (AvgIpc) is 2.16. The summed E-state index contributed by atoms with van der Waals surface area (Å²) >= 11 is 0. The van der Waals surface area contributed by atoms with Crippen molar-refractivity contribution in [2.24, 2.45) is 17.1 Å². The zero-order chi connectivity index (χ0) is 11.5. The van der Waals surface area contributed by atoms with Gasteiger partial charge in [-0.15, -0.1) is 0 Å². The molecule has 1 rings (SSSR count). The van der Waals surface area contributed by atoms with Crippen molar-refractivity contribution in [2.75, 3.05) is 19.8 Å². The Morgan fingerprint density at radius 2 is 1.93 bits per heavy atom. The van der Waals surface area contributed by atoms with Crippen molar-refractivity contribution in [1.29, 1.82) is 0 Å². The van der Waals surface area contributed by atoms with Crippen LogP contribution in [-0.4, -0.2) is 30.5 Å². The highest BCUT2D eigenvalue weighted by Gasteiger charge is 2.46. The van der Waals surface area contributed by atoms with Gasteiger partial charge >= 0.3 is 0 Å². The molecule has 0 aromatic rings. The van der Waals surface area contributed by atoms with Gasteiger partial charge in [0.25, 0.3) is 0 Å². The molecule has 90 valence electrons. The Balaban J connectivity index is 2.78. The maximum absolute atomic E-state index is 10.6. The lowest BCUT2D eigenvalue weighted by Crippen LogP contribution is -2.54. The third-order valence-corrected chi connectivity index (χ3v) is 3.79. The second-order valence-electron chi connectivity index (χ2n) is 5.47. The molecule has 0 spiro atoms. The van der Waals surface area contributed by atoms with Crippen molar-refractivity contribution >= 4 is 0 Å². The van der Waals surface area contributed by atoms with E-state index >= 15 is 0 Å². The van der Waals surface area contributed by atoms with E-state index in [4.69, 9.17) is 10.5 Å². The quantitative estimate of drug-likeness (QED) is 0.748. The van der Waals surface area contributed by atoms with Gasteiger partial charge in [0.05, 0.1) is 5.60 Å². The Hall–Kier alpha value is -0.120. The lowest BCUT2D eigenvalue weighted by molar-refractivity contribution is -0.127. The third kappa shape index (κ3) is 2.71. The predicted molar refractivity (Wildman–Crippen MR) is 61.6 cm³/mol. The highest BCUT2D eigenvalue weighted by molar-refractivity contribution is 4.98. The lowest BCUT2D eigenvalue weighted by Gasteiger charge is -2.48. The number of rotatable bonds is 4. The first-order valence-corrected chi connectivity index (χ1v) is 5.94. The fraction of sp³-hybridized carbons (Fsp3) is 1.00. The first-order valence-electron chi connectivity index (χ1n) is 5.94. The zero-order valence-electron chi connectivity index (χ0n) is 10.3. The molecule has 15 heavy (non-hydrogen) atoms. The van der Waals surface area contributed by atoms with E-state index in [1.54, 1.807) is 0 Å². The molecule has 1 aliphatic rings. The minimum Gasteiger partial charge on any atom is -0.390 e. The van der Waals surface area contributed by atoms with Crippen LogP contribution in [0, 0.1) is 11.3 Å². The van der Waals surface area contributed by atoms with Crippen LogP contribution in [0.1, 0.15) is 40.0 Å². The monoisotopic (exact) mass is 215 g/mol. The molecule has 3 N–H and O–H groups in total. The minimum atomic E-state index is -0.667. The van der Waals surface area contributed by atoms with Gasteiger partial charge < -0.3 is 15.6 Å². The second kappa shape index (κ2) is 4.81. The molecule has 1 unspecified atom stereocenters. The summed E-state index contributed by atoms with van der Waals surface area (Å²) in [4.78, 5) is 0. The normalized spacial score (nSPS) is 25.2. The summed E-state index contributed by atoms with van der Waals surface area (Å²) < 4.78 is 5.36. The number of ether oxygens (including phenoxy) is 1. The van der Waals surface area contributed by atoms with Crippen LogP contribution in [0.4, 0.5) is 0 Å². The first kappa shape index (κ1) is 12.9. The molecule has 3 heteroatoms. The van der Waals surface area contributed by atoms with Crippen LogP contribution in [0.25, 0.3) is 0 Å². The van der Waals surface area contributed by atoms with Gasteiger partial charge in [-0.2, -0.15) is 0 Å². The first-order chi connectivity index (χ1) is 6.93. The Kier molecular flexibility index (Phi) is 4.15. The highest BCUT2D eigenvalue weighted by Crippen LogP contribution is 2.43. The smallest absolute Gasteiger partial charge is 0.0691 e. The number of hydrogen-bond acceptors (Lipinski definition) is 3. The van der Waals surface area contributed by atoms with Crippen LogP contribution in [0.5, 0.6) is 0 Å². The van der Waals surface area contributed by atoms with E-state index in [1.165, 1.54) is 0 Å². The molecule has 0 saturated carbocycles. The van der Waals surface area contributed by atoms with Crippen LogP contribution in [-0.2, 0) is 4.74 Å². The van der Waals surface area contributed by atoms with E-state index in [0.29, 0.717) is 12.5 Å². The molecule has 0 bridgehead atoms. The average molecular weight is 215 g/mol. The second-order valence-corrected chi connectivity index (χ2v) is 5.47. The van der Waals surface area contributed by atoms with Gasteiger partial charge in [-0.1, -0.05) is 13.8 Å². The lowest BCUT2D eigenvalue weighted by atomic mass is 9.65. The predicted octanol–water partition coefficient (Wildman–Crippen LogP) is 1.54. The molecule has 1 saturated heterocycles. The summed E-state index contributed by atoms with van der Waals surface area (Å²) in [6.45, 7) is 8.22. The van der Waals surface area contributed by atoms with Crippen molar-refractivity contribution in [2.45, 2.75) is 45.6 Å². The van der Waals surface area contributed by atoms with Crippen molar-refractivity contribution in [3.05, 3.63) is 0 Å². The molecule has 0 aliphatic carbocycles. The summed E-state index contributed by atoms with van der Waals surface area (Å²) in [7, 11) is 0. The summed E-state index contributed by atoms with van der Waals surface area (Å²) in [6.07, 6.45) is 2.57. The molecule has 0 radical (unpaired) electrons. The number of aliphatic hydroxyl groups is 1.